The standard InChI is InChI=1S/C33H35N9O/c1-21-7-9-25(17-28(21)39-31-36-15-12-27(38-31)23-6-5-13-34-19-23)37-32(43)40-30-18-29(33(2,3)4)41-42(30)26-10-8-22-11-14-35-20-24(22)16-26/h5-10,12-13,15-19,35H,11,14,20H2,1-4H3,(H,36,38,39)(H2,37,40,43). The Hall–Kier alpha value is -5.09. The fourth-order valence-corrected chi connectivity index (χ4v) is 4.96. The number of benzene rings is 2. The van der Waals surface area contributed by atoms with Gasteiger partial charge in [0.2, 0.25) is 5.95 Å². The smallest absolute Gasteiger partial charge is 0.324 e. The third-order valence-corrected chi connectivity index (χ3v) is 7.40. The molecule has 4 heterocycles. The van der Waals surface area contributed by atoms with Crippen LogP contribution in [0.15, 0.2) is 79.3 Å². The number of carbonyl (C=O) groups excluding carboxylic acids is 1. The molecule has 0 spiro atoms. The van der Waals surface area contributed by atoms with Crippen molar-refractivity contribution in [3.63, 3.8) is 0 Å². The maximum atomic E-state index is 13.3. The number of pyridine rings is 1. The van der Waals surface area contributed by atoms with Crippen molar-refractivity contribution in [1.29, 1.82) is 0 Å². The van der Waals surface area contributed by atoms with E-state index in [-0.39, 0.29) is 11.4 Å². The van der Waals surface area contributed by atoms with Gasteiger partial charge < -0.3 is 16.0 Å². The Bertz CT molecular complexity index is 1770. The first-order chi connectivity index (χ1) is 20.7. The van der Waals surface area contributed by atoms with Gasteiger partial charge in [0, 0.05) is 53.6 Å². The molecule has 0 aliphatic carbocycles. The molecule has 2 amide bonds. The van der Waals surface area contributed by atoms with Crippen molar-refractivity contribution in [3.05, 3.63) is 102 Å². The normalized spacial score (nSPS) is 12.8. The SMILES string of the molecule is Cc1ccc(NC(=O)Nc2cc(C(C)(C)C)nn2-c2ccc3c(c2)CNCC3)cc1Nc1nccc(-c2cccnc2)n1. The van der Waals surface area contributed by atoms with Crippen LogP contribution in [0, 0.1) is 6.92 Å². The van der Waals surface area contributed by atoms with Crippen molar-refractivity contribution in [2.24, 2.45) is 0 Å². The molecule has 218 valence electrons. The number of aromatic nitrogens is 5. The molecule has 0 radical (unpaired) electrons. The minimum Gasteiger partial charge on any atom is -0.324 e. The molecule has 43 heavy (non-hydrogen) atoms. The van der Waals surface area contributed by atoms with Gasteiger partial charge in [-0.05, 0) is 79.0 Å². The van der Waals surface area contributed by atoms with Crippen LogP contribution in [-0.2, 0) is 18.4 Å². The molecule has 0 saturated heterocycles. The highest BCUT2D eigenvalue weighted by Gasteiger charge is 2.22. The number of hydrogen-bond donors (Lipinski definition) is 4. The molecule has 0 unspecified atom stereocenters. The van der Waals surface area contributed by atoms with E-state index in [0.29, 0.717) is 17.5 Å². The summed E-state index contributed by atoms with van der Waals surface area (Å²) in [7, 11) is 0. The fourth-order valence-electron chi connectivity index (χ4n) is 4.96. The Kier molecular flexibility index (Phi) is 7.60. The zero-order valence-electron chi connectivity index (χ0n) is 24.8. The van der Waals surface area contributed by atoms with Crippen LogP contribution in [-0.4, -0.2) is 37.3 Å². The molecule has 10 heteroatoms. The van der Waals surface area contributed by atoms with E-state index < -0.39 is 0 Å². The molecule has 3 aromatic heterocycles. The third-order valence-electron chi connectivity index (χ3n) is 7.40. The summed E-state index contributed by atoms with van der Waals surface area (Å²) < 4.78 is 1.81. The number of nitrogens with zero attached hydrogens (tertiary/aromatic N) is 5. The summed E-state index contributed by atoms with van der Waals surface area (Å²) in [6, 6.07) is 19.3. The van der Waals surface area contributed by atoms with Gasteiger partial charge in [0.1, 0.15) is 5.82 Å². The van der Waals surface area contributed by atoms with E-state index in [9.17, 15) is 4.79 Å². The maximum Gasteiger partial charge on any atom is 0.324 e. The van der Waals surface area contributed by atoms with Crippen LogP contribution in [0.4, 0.5) is 27.9 Å². The second-order valence-corrected chi connectivity index (χ2v) is 11.7. The number of fused-ring (bicyclic) bond motifs is 1. The highest BCUT2D eigenvalue weighted by atomic mass is 16.2. The van der Waals surface area contributed by atoms with Crippen molar-refractivity contribution >= 4 is 29.2 Å². The molecule has 1 aliphatic heterocycles. The van der Waals surface area contributed by atoms with Crippen molar-refractivity contribution < 1.29 is 4.79 Å². The van der Waals surface area contributed by atoms with Gasteiger partial charge in [0.25, 0.3) is 0 Å². The largest absolute Gasteiger partial charge is 0.324 e. The lowest BCUT2D eigenvalue weighted by Crippen LogP contribution is -2.24. The number of urea groups is 1. The topological polar surface area (TPSA) is 122 Å². The lowest BCUT2D eigenvalue weighted by Gasteiger charge is -2.19. The minimum atomic E-state index is -0.370. The van der Waals surface area contributed by atoms with Crippen LogP contribution < -0.4 is 21.3 Å². The Balaban J connectivity index is 1.21. The Labute approximate surface area is 251 Å². The highest BCUT2D eigenvalue weighted by Crippen LogP contribution is 2.29. The predicted molar refractivity (Wildman–Crippen MR) is 170 cm³/mol. The van der Waals surface area contributed by atoms with Gasteiger partial charge in [0.15, 0.2) is 0 Å². The molecule has 0 bridgehead atoms. The van der Waals surface area contributed by atoms with Crippen LogP contribution >= 0.6 is 0 Å². The zero-order valence-corrected chi connectivity index (χ0v) is 24.8. The highest BCUT2D eigenvalue weighted by molar-refractivity contribution is 5.99. The van der Waals surface area contributed by atoms with Crippen molar-refractivity contribution in [3.8, 4) is 16.9 Å². The minimum absolute atomic E-state index is 0.193. The average molecular weight is 574 g/mol. The first-order valence-electron chi connectivity index (χ1n) is 14.4. The number of rotatable bonds is 6. The van der Waals surface area contributed by atoms with E-state index in [0.717, 1.165) is 53.4 Å². The average Bonchev–Trinajstić information content (AvgIpc) is 3.43. The molecule has 0 atom stereocenters. The van der Waals surface area contributed by atoms with E-state index in [4.69, 9.17) is 5.10 Å². The Morgan fingerprint density at radius 3 is 2.67 bits per heavy atom. The van der Waals surface area contributed by atoms with Crippen molar-refractivity contribution in [2.45, 2.75) is 46.1 Å². The summed E-state index contributed by atoms with van der Waals surface area (Å²) in [6.07, 6.45) is 6.20. The van der Waals surface area contributed by atoms with Crippen molar-refractivity contribution in [1.82, 2.24) is 30.0 Å². The number of anilines is 4. The van der Waals surface area contributed by atoms with Crippen LogP contribution in [0.3, 0.4) is 0 Å². The van der Waals surface area contributed by atoms with Gasteiger partial charge in [-0.1, -0.05) is 32.9 Å². The molecule has 1 aliphatic rings. The summed E-state index contributed by atoms with van der Waals surface area (Å²) in [4.78, 5) is 26.5. The van der Waals surface area contributed by atoms with E-state index in [1.807, 2.05) is 54.1 Å². The number of aryl methyl sites for hydroxylation is 1. The molecular weight excluding hydrogens is 538 g/mol. The summed E-state index contributed by atoms with van der Waals surface area (Å²) in [6.45, 7) is 10.1. The van der Waals surface area contributed by atoms with E-state index in [2.05, 4.69) is 75.2 Å². The van der Waals surface area contributed by atoms with E-state index >= 15 is 0 Å². The molecule has 5 aromatic rings. The molecule has 10 nitrogen and oxygen atoms in total. The molecular formula is C33H35N9O. The molecule has 0 saturated carbocycles. The number of nitrogens with one attached hydrogen (secondary N) is 4. The maximum absolute atomic E-state index is 13.3. The summed E-state index contributed by atoms with van der Waals surface area (Å²) in [5, 5.41) is 17.6. The monoisotopic (exact) mass is 573 g/mol. The van der Waals surface area contributed by atoms with Crippen LogP contribution in [0.5, 0.6) is 0 Å². The van der Waals surface area contributed by atoms with Gasteiger partial charge in [-0.3, -0.25) is 10.3 Å². The van der Waals surface area contributed by atoms with Crippen LogP contribution in [0.25, 0.3) is 16.9 Å². The summed E-state index contributed by atoms with van der Waals surface area (Å²) in [5.74, 6) is 1.04. The predicted octanol–water partition coefficient (Wildman–Crippen LogP) is 6.36. The number of carbonyl (C=O) groups is 1. The summed E-state index contributed by atoms with van der Waals surface area (Å²) in [5.41, 5.74) is 8.24. The first kappa shape index (κ1) is 28.0. The van der Waals surface area contributed by atoms with Gasteiger partial charge in [0.05, 0.1) is 17.1 Å². The number of amides is 2. The first-order valence-corrected chi connectivity index (χ1v) is 14.4. The third kappa shape index (κ3) is 6.39. The van der Waals surface area contributed by atoms with Crippen LogP contribution in [0.1, 0.15) is 43.2 Å². The van der Waals surface area contributed by atoms with Gasteiger partial charge >= 0.3 is 6.03 Å². The quantitative estimate of drug-likeness (QED) is 0.186. The fraction of sp³-hybridized carbons (Fsp3) is 0.242. The van der Waals surface area contributed by atoms with Crippen molar-refractivity contribution in [2.75, 3.05) is 22.5 Å². The van der Waals surface area contributed by atoms with E-state index in [1.54, 1.807) is 18.6 Å². The number of hydrogen-bond acceptors (Lipinski definition) is 7. The molecule has 4 N–H and O–H groups in total. The Morgan fingerprint density at radius 1 is 0.977 bits per heavy atom. The lowest BCUT2D eigenvalue weighted by atomic mass is 9.92. The van der Waals surface area contributed by atoms with E-state index in [1.165, 1.54) is 11.1 Å². The summed E-state index contributed by atoms with van der Waals surface area (Å²) >= 11 is 0. The zero-order chi connectivity index (χ0) is 30.0. The van der Waals surface area contributed by atoms with Crippen LogP contribution in [0.2, 0.25) is 0 Å². The molecule has 2 aromatic carbocycles. The van der Waals surface area contributed by atoms with Gasteiger partial charge in [-0.2, -0.15) is 5.10 Å². The van der Waals surface area contributed by atoms with Gasteiger partial charge in [-0.25, -0.2) is 19.4 Å². The molecule has 0 fully saturated rings. The Morgan fingerprint density at radius 2 is 1.86 bits per heavy atom. The second-order valence-electron chi connectivity index (χ2n) is 11.7. The lowest BCUT2D eigenvalue weighted by molar-refractivity contribution is 0.262. The van der Waals surface area contributed by atoms with Gasteiger partial charge in [-0.15, -0.1) is 0 Å². The second kappa shape index (κ2) is 11.7. The molecule has 6 rings (SSSR count).